The van der Waals surface area contributed by atoms with E-state index in [4.69, 9.17) is 9.47 Å². The minimum absolute atomic E-state index is 0.323. The zero-order valence-corrected chi connectivity index (χ0v) is 13.9. The van der Waals surface area contributed by atoms with E-state index < -0.39 is 0 Å². The Morgan fingerprint density at radius 3 is 2.45 bits per heavy atom. The topological polar surface area (TPSA) is 73.3 Å². The van der Waals surface area contributed by atoms with E-state index in [1.807, 2.05) is 0 Å². The molecule has 0 saturated carbocycles. The largest absolute Gasteiger partial charge is 0.496 e. The van der Waals surface area contributed by atoms with Gasteiger partial charge < -0.3 is 9.47 Å². The Labute approximate surface area is 133 Å². The van der Waals surface area contributed by atoms with E-state index in [0.29, 0.717) is 28.1 Å². The molecule has 1 N–H and O–H groups in total. The van der Waals surface area contributed by atoms with Crippen LogP contribution in [-0.4, -0.2) is 30.3 Å². The van der Waals surface area contributed by atoms with E-state index in [2.05, 4.69) is 29.4 Å². The molecule has 22 heavy (non-hydrogen) atoms. The maximum Gasteiger partial charge on any atom is 0.265 e. The van der Waals surface area contributed by atoms with Gasteiger partial charge in [-0.15, -0.1) is 10.2 Å². The molecule has 0 saturated heterocycles. The minimum atomic E-state index is -0.332. The molecule has 0 spiro atoms. The normalized spacial score (nSPS) is 11.8. The third-order valence-electron chi connectivity index (χ3n) is 3.35. The summed E-state index contributed by atoms with van der Waals surface area (Å²) in [7, 11) is 3.02. The standard InChI is InChI=1S/C15H19N3O3S/c1-5-9(2)14-17-18-15(22-14)16-13(19)12-10(20-3)7-6-8-11(12)21-4/h6-9H,5H2,1-4H3,(H,16,18,19). The molecule has 0 bridgehead atoms. The zero-order chi connectivity index (χ0) is 16.1. The first-order chi connectivity index (χ1) is 10.6. The number of nitrogens with one attached hydrogen (secondary N) is 1. The number of hydrogen-bond donors (Lipinski definition) is 1. The van der Waals surface area contributed by atoms with Crippen molar-refractivity contribution in [1.29, 1.82) is 0 Å². The highest BCUT2D eigenvalue weighted by Crippen LogP contribution is 2.30. The van der Waals surface area contributed by atoms with Gasteiger partial charge in [0.1, 0.15) is 22.1 Å². The number of anilines is 1. The van der Waals surface area contributed by atoms with Crippen molar-refractivity contribution in [2.45, 2.75) is 26.2 Å². The average molecular weight is 321 g/mol. The lowest BCUT2D eigenvalue weighted by Gasteiger charge is -2.11. The second kappa shape index (κ2) is 7.22. The monoisotopic (exact) mass is 321 g/mol. The zero-order valence-electron chi connectivity index (χ0n) is 13.0. The molecule has 0 aliphatic heterocycles. The molecule has 0 fully saturated rings. The van der Waals surface area contributed by atoms with Gasteiger partial charge in [0.25, 0.3) is 5.91 Å². The van der Waals surface area contributed by atoms with Gasteiger partial charge in [0.15, 0.2) is 0 Å². The Balaban J connectivity index is 2.24. The van der Waals surface area contributed by atoms with Crippen LogP contribution >= 0.6 is 11.3 Å². The first-order valence-corrected chi connectivity index (χ1v) is 7.78. The van der Waals surface area contributed by atoms with E-state index in [9.17, 15) is 4.79 Å². The second-order valence-electron chi connectivity index (χ2n) is 4.75. The average Bonchev–Trinajstić information content (AvgIpc) is 3.01. The van der Waals surface area contributed by atoms with E-state index in [1.54, 1.807) is 18.2 Å². The SMILES string of the molecule is CCC(C)c1nnc(NC(=O)c2c(OC)cccc2OC)s1. The van der Waals surface area contributed by atoms with Crippen molar-refractivity contribution in [2.75, 3.05) is 19.5 Å². The van der Waals surface area contributed by atoms with Crippen LogP contribution in [0.15, 0.2) is 18.2 Å². The molecule has 0 radical (unpaired) electrons. The van der Waals surface area contributed by atoms with Gasteiger partial charge in [0.2, 0.25) is 5.13 Å². The summed E-state index contributed by atoms with van der Waals surface area (Å²) in [5, 5.41) is 12.3. The van der Waals surface area contributed by atoms with Crippen LogP contribution in [0.5, 0.6) is 11.5 Å². The summed E-state index contributed by atoms with van der Waals surface area (Å²) < 4.78 is 10.5. The smallest absolute Gasteiger partial charge is 0.265 e. The lowest BCUT2D eigenvalue weighted by Crippen LogP contribution is -2.14. The van der Waals surface area contributed by atoms with E-state index in [0.717, 1.165) is 11.4 Å². The minimum Gasteiger partial charge on any atom is -0.496 e. The molecule has 118 valence electrons. The number of ether oxygens (including phenoxy) is 2. The summed E-state index contributed by atoms with van der Waals surface area (Å²) in [4.78, 5) is 12.5. The Hall–Kier alpha value is -2.15. The summed E-state index contributed by atoms with van der Waals surface area (Å²) in [5.74, 6) is 0.886. The van der Waals surface area contributed by atoms with Crippen LogP contribution in [0.25, 0.3) is 0 Å². The maximum absolute atomic E-state index is 12.5. The van der Waals surface area contributed by atoms with E-state index >= 15 is 0 Å². The molecule has 0 aliphatic carbocycles. The van der Waals surface area contributed by atoms with Crippen LogP contribution < -0.4 is 14.8 Å². The van der Waals surface area contributed by atoms with Gasteiger partial charge in [-0.1, -0.05) is 31.3 Å². The van der Waals surface area contributed by atoms with Crippen LogP contribution in [0, 0.1) is 0 Å². The van der Waals surface area contributed by atoms with Crippen molar-refractivity contribution in [2.24, 2.45) is 0 Å². The quantitative estimate of drug-likeness (QED) is 0.883. The Kier molecular flexibility index (Phi) is 5.32. The van der Waals surface area contributed by atoms with Gasteiger partial charge >= 0.3 is 0 Å². The highest BCUT2D eigenvalue weighted by Gasteiger charge is 2.20. The van der Waals surface area contributed by atoms with Gasteiger partial charge in [0, 0.05) is 5.92 Å². The van der Waals surface area contributed by atoms with Crippen molar-refractivity contribution in [1.82, 2.24) is 10.2 Å². The molecule has 0 aliphatic rings. The van der Waals surface area contributed by atoms with Crippen molar-refractivity contribution < 1.29 is 14.3 Å². The lowest BCUT2D eigenvalue weighted by molar-refractivity contribution is 0.102. The van der Waals surface area contributed by atoms with Crippen LogP contribution in [-0.2, 0) is 0 Å². The third kappa shape index (κ3) is 3.36. The molecule has 7 heteroatoms. The number of carbonyl (C=O) groups excluding carboxylic acids is 1. The fourth-order valence-electron chi connectivity index (χ4n) is 1.89. The number of methoxy groups -OCH3 is 2. The summed E-state index contributed by atoms with van der Waals surface area (Å²) in [6.07, 6.45) is 0.975. The number of aromatic nitrogens is 2. The summed E-state index contributed by atoms with van der Waals surface area (Å²) in [6.45, 7) is 4.17. The highest BCUT2D eigenvalue weighted by molar-refractivity contribution is 7.15. The Morgan fingerprint density at radius 1 is 1.27 bits per heavy atom. The van der Waals surface area contributed by atoms with Gasteiger partial charge in [-0.2, -0.15) is 0 Å². The second-order valence-corrected chi connectivity index (χ2v) is 5.76. The van der Waals surface area contributed by atoms with Crippen molar-refractivity contribution in [3.63, 3.8) is 0 Å². The number of hydrogen-bond acceptors (Lipinski definition) is 6. The molecule has 2 rings (SSSR count). The predicted molar refractivity (Wildman–Crippen MR) is 86.1 cm³/mol. The number of carbonyl (C=O) groups is 1. The number of amides is 1. The van der Waals surface area contributed by atoms with Crippen LogP contribution in [0.2, 0.25) is 0 Å². The molecule has 1 aromatic carbocycles. The van der Waals surface area contributed by atoms with Crippen molar-refractivity contribution >= 4 is 22.4 Å². The molecule has 6 nitrogen and oxygen atoms in total. The number of rotatable bonds is 6. The van der Waals surface area contributed by atoms with Crippen LogP contribution in [0.4, 0.5) is 5.13 Å². The molecule has 1 unspecified atom stereocenters. The molecule has 1 atom stereocenters. The summed E-state index contributed by atoms with van der Waals surface area (Å²) in [6, 6.07) is 5.19. The van der Waals surface area contributed by atoms with Gasteiger partial charge in [-0.3, -0.25) is 10.1 Å². The van der Waals surface area contributed by atoms with Crippen LogP contribution in [0.3, 0.4) is 0 Å². The third-order valence-corrected chi connectivity index (χ3v) is 4.42. The molecular weight excluding hydrogens is 302 g/mol. The number of nitrogens with zero attached hydrogens (tertiary/aromatic N) is 2. The predicted octanol–water partition coefficient (Wildman–Crippen LogP) is 3.32. The Bertz CT molecular complexity index is 635. The van der Waals surface area contributed by atoms with Crippen LogP contribution in [0.1, 0.15) is 41.6 Å². The van der Waals surface area contributed by atoms with E-state index in [1.165, 1.54) is 25.6 Å². The first kappa shape index (κ1) is 16.2. The van der Waals surface area contributed by atoms with Gasteiger partial charge in [-0.25, -0.2) is 0 Å². The molecular formula is C15H19N3O3S. The highest BCUT2D eigenvalue weighted by atomic mass is 32.1. The van der Waals surface area contributed by atoms with Gasteiger partial charge in [0.05, 0.1) is 14.2 Å². The van der Waals surface area contributed by atoms with Crippen molar-refractivity contribution in [3.8, 4) is 11.5 Å². The fourth-order valence-corrected chi connectivity index (χ4v) is 2.77. The molecule has 2 aromatic rings. The fraction of sp³-hybridized carbons (Fsp3) is 0.400. The van der Waals surface area contributed by atoms with E-state index in [-0.39, 0.29) is 5.91 Å². The summed E-state index contributed by atoms with van der Waals surface area (Å²) >= 11 is 1.38. The van der Waals surface area contributed by atoms with Crippen molar-refractivity contribution in [3.05, 3.63) is 28.8 Å². The first-order valence-electron chi connectivity index (χ1n) is 6.96. The molecule has 1 heterocycles. The number of benzene rings is 1. The van der Waals surface area contributed by atoms with Gasteiger partial charge in [-0.05, 0) is 18.6 Å². The molecule has 1 aromatic heterocycles. The maximum atomic E-state index is 12.5. The Morgan fingerprint density at radius 2 is 1.91 bits per heavy atom. The molecule has 1 amide bonds. The summed E-state index contributed by atoms with van der Waals surface area (Å²) in [5.41, 5.74) is 0.341. The lowest BCUT2D eigenvalue weighted by atomic mass is 10.1.